The summed E-state index contributed by atoms with van der Waals surface area (Å²) in [5.41, 5.74) is 7.48. The van der Waals surface area contributed by atoms with Crippen LogP contribution in [0.2, 0.25) is 0 Å². The molecule has 3 N–H and O–H groups in total. The van der Waals surface area contributed by atoms with Crippen molar-refractivity contribution in [1.29, 1.82) is 0 Å². The highest BCUT2D eigenvalue weighted by Gasteiger charge is 2.35. The summed E-state index contributed by atoms with van der Waals surface area (Å²) < 4.78 is 0. The average Bonchev–Trinajstić information content (AvgIpc) is 2.61. The van der Waals surface area contributed by atoms with Gasteiger partial charge in [0.25, 0.3) is 0 Å². The first-order chi connectivity index (χ1) is 6.65. The monoisotopic (exact) mass is 191 g/mol. The summed E-state index contributed by atoms with van der Waals surface area (Å²) in [5, 5.41) is 10.1. The number of nitrogens with two attached hydrogens (primary N) is 1. The Hall–Kier alpha value is -0.860. The molecule has 1 aliphatic rings. The lowest BCUT2D eigenvalue weighted by molar-refractivity contribution is 0.0397. The van der Waals surface area contributed by atoms with Gasteiger partial charge in [0, 0.05) is 12.5 Å². The van der Waals surface area contributed by atoms with E-state index in [1.54, 1.807) is 0 Å². The SMILES string of the molecule is CC(O)(CN)C1CCc2ccccc21. The third kappa shape index (κ3) is 1.45. The molecule has 1 aliphatic carbocycles. The predicted octanol–water partition coefficient (Wildman–Crippen LogP) is 1.43. The van der Waals surface area contributed by atoms with E-state index in [0.717, 1.165) is 12.8 Å². The van der Waals surface area contributed by atoms with Crippen molar-refractivity contribution in [2.75, 3.05) is 6.54 Å². The lowest BCUT2D eigenvalue weighted by Gasteiger charge is -2.29. The van der Waals surface area contributed by atoms with Gasteiger partial charge in [0.1, 0.15) is 0 Å². The minimum atomic E-state index is -0.757. The van der Waals surface area contributed by atoms with Crippen molar-refractivity contribution in [2.45, 2.75) is 31.3 Å². The van der Waals surface area contributed by atoms with Crippen LogP contribution in [0.4, 0.5) is 0 Å². The molecule has 1 aromatic carbocycles. The van der Waals surface area contributed by atoms with Crippen molar-refractivity contribution in [3.8, 4) is 0 Å². The van der Waals surface area contributed by atoms with Crippen LogP contribution in [0.25, 0.3) is 0 Å². The van der Waals surface area contributed by atoms with E-state index in [9.17, 15) is 5.11 Å². The predicted molar refractivity (Wildman–Crippen MR) is 57.2 cm³/mol. The fourth-order valence-corrected chi connectivity index (χ4v) is 2.35. The summed E-state index contributed by atoms with van der Waals surface area (Å²) in [6.45, 7) is 2.16. The Morgan fingerprint density at radius 1 is 1.50 bits per heavy atom. The topological polar surface area (TPSA) is 46.2 Å². The summed E-state index contributed by atoms with van der Waals surface area (Å²) in [6.07, 6.45) is 2.08. The molecule has 76 valence electrons. The molecule has 14 heavy (non-hydrogen) atoms. The van der Waals surface area contributed by atoms with E-state index in [1.165, 1.54) is 11.1 Å². The number of fused-ring (bicyclic) bond motifs is 1. The van der Waals surface area contributed by atoms with Gasteiger partial charge in [0.2, 0.25) is 0 Å². The van der Waals surface area contributed by atoms with Gasteiger partial charge in [-0.3, -0.25) is 0 Å². The second-order valence-corrected chi connectivity index (χ2v) is 4.35. The number of benzene rings is 1. The lowest BCUT2D eigenvalue weighted by Crippen LogP contribution is -2.39. The number of aliphatic hydroxyl groups is 1. The zero-order chi connectivity index (χ0) is 10.2. The summed E-state index contributed by atoms with van der Waals surface area (Å²) >= 11 is 0. The maximum atomic E-state index is 10.1. The van der Waals surface area contributed by atoms with E-state index in [1.807, 2.05) is 13.0 Å². The molecule has 0 radical (unpaired) electrons. The van der Waals surface area contributed by atoms with Crippen molar-refractivity contribution < 1.29 is 5.11 Å². The minimum Gasteiger partial charge on any atom is -0.388 e. The van der Waals surface area contributed by atoms with E-state index in [2.05, 4.69) is 18.2 Å². The van der Waals surface area contributed by atoms with Crippen LogP contribution >= 0.6 is 0 Å². The van der Waals surface area contributed by atoms with Crippen LogP contribution in [0, 0.1) is 0 Å². The van der Waals surface area contributed by atoms with Gasteiger partial charge in [-0.05, 0) is 30.9 Å². The zero-order valence-corrected chi connectivity index (χ0v) is 8.53. The standard InChI is InChI=1S/C12H17NO/c1-12(14,8-13)11-7-6-9-4-2-3-5-10(9)11/h2-5,11,14H,6-8,13H2,1H3. The second kappa shape index (κ2) is 3.37. The van der Waals surface area contributed by atoms with Gasteiger partial charge in [-0.15, -0.1) is 0 Å². The first-order valence-corrected chi connectivity index (χ1v) is 5.15. The van der Waals surface area contributed by atoms with Gasteiger partial charge in [0.15, 0.2) is 0 Å². The van der Waals surface area contributed by atoms with Crippen LogP contribution in [0.15, 0.2) is 24.3 Å². The normalized spacial score (nSPS) is 24.4. The third-order valence-electron chi connectivity index (χ3n) is 3.30. The zero-order valence-electron chi connectivity index (χ0n) is 8.53. The first-order valence-electron chi connectivity index (χ1n) is 5.15. The fourth-order valence-electron chi connectivity index (χ4n) is 2.35. The molecule has 2 rings (SSSR count). The molecule has 0 saturated carbocycles. The van der Waals surface area contributed by atoms with Crippen LogP contribution < -0.4 is 5.73 Å². The molecule has 0 fully saturated rings. The van der Waals surface area contributed by atoms with E-state index in [4.69, 9.17) is 5.73 Å². The smallest absolute Gasteiger partial charge is 0.0809 e. The van der Waals surface area contributed by atoms with Crippen molar-refractivity contribution in [2.24, 2.45) is 5.73 Å². The number of rotatable bonds is 2. The molecule has 2 atom stereocenters. The van der Waals surface area contributed by atoms with Gasteiger partial charge >= 0.3 is 0 Å². The Kier molecular flexibility index (Phi) is 2.33. The van der Waals surface area contributed by atoms with Crippen LogP contribution in [0.1, 0.15) is 30.4 Å². The van der Waals surface area contributed by atoms with Gasteiger partial charge < -0.3 is 10.8 Å². The van der Waals surface area contributed by atoms with E-state index >= 15 is 0 Å². The van der Waals surface area contributed by atoms with Crippen molar-refractivity contribution in [3.63, 3.8) is 0 Å². The van der Waals surface area contributed by atoms with Crippen molar-refractivity contribution in [1.82, 2.24) is 0 Å². The van der Waals surface area contributed by atoms with E-state index < -0.39 is 5.60 Å². The molecular weight excluding hydrogens is 174 g/mol. The number of aryl methyl sites for hydroxylation is 1. The number of hydrogen-bond acceptors (Lipinski definition) is 2. The molecule has 1 aromatic rings. The first kappa shape index (κ1) is 9.69. The highest BCUT2D eigenvalue weighted by Crippen LogP contribution is 2.39. The third-order valence-corrected chi connectivity index (χ3v) is 3.30. The van der Waals surface area contributed by atoms with E-state index in [-0.39, 0.29) is 5.92 Å². The van der Waals surface area contributed by atoms with Crippen LogP contribution in [0.5, 0.6) is 0 Å². The second-order valence-electron chi connectivity index (χ2n) is 4.35. The van der Waals surface area contributed by atoms with E-state index in [0.29, 0.717) is 6.54 Å². The van der Waals surface area contributed by atoms with Crippen molar-refractivity contribution >= 4 is 0 Å². The average molecular weight is 191 g/mol. The minimum absolute atomic E-state index is 0.212. The molecule has 0 amide bonds. The Bertz CT molecular complexity index is 333. The van der Waals surface area contributed by atoms with Crippen LogP contribution in [0.3, 0.4) is 0 Å². The summed E-state index contributed by atoms with van der Waals surface area (Å²) in [4.78, 5) is 0. The molecule has 0 heterocycles. The molecule has 0 saturated heterocycles. The maximum absolute atomic E-state index is 10.1. The summed E-state index contributed by atoms with van der Waals surface area (Å²) in [6, 6.07) is 8.33. The molecule has 0 spiro atoms. The highest BCUT2D eigenvalue weighted by molar-refractivity contribution is 5.36. The Labute approximate surface area is 84.7 Å². The molecule has 0 aromatic heterocycles. The summed E-state index contributed by atoms with van der Waals surface area (Å²) in [5.74, 6) is 0.212. The molecule has 0 aliphatic heterocycles. The van der Waals surface area contributed by atoms with Gasteiger partial charge in [0.05, 0.1) is 5.60 Å². The molecular formula is C12H17NO. The largest absolute Gasteiger partial charge is 0.388 e. The molecule has 2 unspecified atom stereocenters. The highest BCUT2D eigenvalue weighted by atomic mass is 16.3. The molecule has 0 bridgehead atoms. The van der Waals surface area contributed by atoms with Crippen LogP contribution in [-0.4, -0.2) is 17.3 Å². The Morgan fingerprint density at radius 3 is 2.93 bits per heavy atom. The lowest BCUT2D eigenvalue weighted by atomic mass is 9.84. The quantitative estimate of drug-likeness (QED) is 0.742. The van der Waals surface area contributed by atoms with Gasteiger partial charge in [-0.25, -0.2) is 0 Å². The van der Waals surface area contributed by atoms with Crippen molar-refractivity contribution in [3.05, 3.63) is 35.4 Å². The Balaban J connectivity index is 2.35. The van der Waals surface area contributed by atoms with Gasteiger partial charge in [-0.2, -0.15) is 0 Å². The van der Waals surface area contributed by atoms with Crippen LogP contribution in [-0.2, 0) is 6.42 Å². The maximum Gasteiger partial charge on any atom is 0.0809 e. The Morgan fingerprint density at radius 2 is 2.21 bits per heavy atom. The molecule has 2 heteroatoms. The fraction of sp³-hybridized carbons (Fsp3) is 0.500. The molecule has 2 nitrogen and oxygen atoms in total. The van der Waals surface area contributed by atoms with Gasteiger partial charge in [-0.1, -0.05) is 24.3 Å². The number of hydrogen-bond donors (Lipinski definition) is 2. The summed E-state index contributed by atoms with van der Waals surface area (Å²) in [7, 11) is 0.